The highest BCUT2D eigenvalue weighted by Gasteiger charge is 2.24. The van der Waals surface area contributed by atoms with Crippen molar-refractivity contribution >= 4 is 35.1 Å². The molecule has 1 aromatic heterocycles. The van der Waals surface area contributed by atoms with Crippen LogP contribution in [0.3, 0.4) is 0 Å². The van der Waals surface area contributed by atoms with E-state index in [-0.39, 0.29) is 17.1 Å². The molecule has 2 aliphatic rings. The van der Waals surface area contributed by atoms with Crippen LogP contribution in [0.4, 0.5) is 11.5 Å². The first-order chi connectivity index (χ1) is 13.5. The number of hydrogen-bond acceptors (Lipinski definition) is 5. The Bertz CT molecular complexity index is 925. The van der Waals surface area contributed by atoms with Crippen LogP contribution in [-0.2, 0) is 11.3 Å². The minimum absolute atomic E-state index is 0.0314. The largest absolute Gasteiger partial charge is 0.356 e. The van der Waals surface area contributed by atoms with Crippen LogP contribution in [-0.4, -0.2) is 35.1 Å². The number of pyridine rings is 1. The highest BCUT2D eigenvalue weighted by Crippen LogP contribution is 2.36. The van der Waals surface area contributed by atoms with Crippen molar-refractivity contribution in [1.82, 2.24) is 10.3 Å². The SMILES string of the molecule is Cc1ccc(CNC(=O)c2ccc3c(c2)NC(=O)[C@@H](C)S3)c(N2CCCC2)n1. The molecule has 2 aromatic rings. The summed E-state index contributed by atoms with van der Waals surface area (Å²) in [6.45, 7) is 6.31. The van der Waals surface area contributed by atoms with Crippen LogP contribution in [0, 0.1) is 6.92 Å². The molecule has 6 nitrogen and oxygen atoms in total. The van der Waals surface area contributed by atoms with Crippen molar-refractivity contribution in [3.63, 3.8) is 0 Å². The van der Waals surface area contributed by atoms with Crippen molar-refractivity contribution in [2.75, 3.05) is 23.3 Å². The molecule has 1 atom stereocenters. The smallest absolute Gasteiger partial charge is 0.251 e. The maximum Gasteiger partial charge on any atom is 0.251 e. The van der Waals surface area contributed by atoms with Crippen molar-refractivity contribution in [2.24, 2.45) is 0 Å². The molecule has 1 aromatic carbocycles. The summed E-state index contributed by atoms with van der Waals surface area (Å²) in [5.41, 5.74) is 3.25. The van der Waals surface area contributed by atoms with Gasteiger partial charge in [0.05, 0.1) is 10.9 Å². The number of hydrogen-bond donors (Lipinski definition) is 2. The summed E-state index contributed by atoms with van der Waals surface area (Å²) < 4.78 is 0. The maximum absolute atomic E-state index is 12.7. The van der Waals surface area contributed by atoms with E-state index < -0.39 is 0 Å². The van der Waals surface area contributed by atoms with Crippen LogP contribution in [0.5, 0.6) is 0 Å². The van der Waals surface area contributed by atoms with Crippen molar-refractivity contribution in [3.05, 3.63) is 47.2 Å². The Morgan fingerprint density at radius 2 is 2.07 bits per heavy atom. The van der Waals surface area contributed by atoms with Gasteiger partial charge in [0.1, 0.15) is 5.82 Å². The Labute approximate surface area is 169 Å². The Balaban J connectivity index is 1.48. The molecule has 1 saturated heterocycles. The van der Waals surface area contributed by atoms with Gasteiger partial charge in [-0.15, -0.1) is 11.8 Å². The topological polar surface area (TPSA) is 74.3 Å². The molecular formula is C21H24N4O2S. The first kappa shape index (κ1) is 18.8. The lowest BCUT2D eigenvalue weighted by atomic mass is 10.1. The number of thioether (sulfide) groups is 1. The fraction of sp³-hybridized carbons (Fsp3) is 0.381. The number of aromatic nitrogens is 1. The predicted molar refractivity (Wildman–Crippen MR) is 112 cm³/mol. The molecule has 7 heteroatoms. The second kappa shape index (κ2) is 7.83. The number of benzene rings is 1. The van der Waals surface area contributed by atoms with E-state index in [0.29, 0.717) is 17.8 Å². The summed E-state index contributed by atoms with van der Waals surface area (Å²) in [5.74, 6) is 0.783. The van der Waals surface area contributed by atoms with Crippen molar-refractivity contribution in [1.29, 1.82) is 0 Å². The molecule has 28 heavy (non-hydrogen) atoms. The zero-order chi connectivity index (χ0) is 19.7. The lowest BCUT2D eigenvalue weighted by Gasteiger charge is -2.22. The van der Waals surface area contributed by atoms with Gasteiger partial charge in [0.25, 0.3) is 5.91 Å². The van der Waals surface area contributed by atoms with E-state index in [4.69, 9.17) is 4.98 Å². The predicted octanol–water partition coefficient (Wildman–Crippen LogP) is 3.35. The molecule has 4 rings (SSSR count). The summed E-state index contributed by atoms with van der Waals surface area (Å²) >= 11 is 1.51. The molecule has 0 aliphatic carbocycles. The Hall–Kier alpha value is -2.54. The van der Waals surface area contributed by atoms with Crippen LogP contribution < -0.4 is 15.5 Å². The summed E-state index contributed by atoms with van der Waals surface area (Å²) in [4.78, 5) is 32.6. The van der Waals surface area contributed by atoms with Crippen LogP contribution in [0.15, 0.2) is 35.2 Å². The van der Waals surface area contributed by atoms with Gasteiger partial charge in [-0.3, -0.25) is 9.59 Å². The highest BCUT2D eigenvalue weighted by molar-refractivity contribution is 8.00. The maximum atomic E-state index is 12.7. The lowest BCUT2D eigenvalue weighted by molar-refractivity contribution is -0.115. The molecule has 0 bridgehead atoms. The monoisotopic (exact) mass is 396 g/mol. The third-order valence-corrected chi connectivity index (χ3v) is 6.29. The van der Waals surface area contributed by atoms with Gasteiger partial charge in [-0.05, 0) is 51.0 Å². The van der Waals surface area contributed by atoms with E-state index in [2.05, 4.69) is 15.5 Å². The standard InChI is InChI=1S/C21H24N4O2S/c1-13-5-6-16(19(23-13)25-9-3-4-10-25)12-22-21(27)15-7-8-18-17(11-15)24-20(26)14(2)28-18/h5-8,11,14H,3-4,9-10,12H2,1-2H3,(H,22,27)(H,24,26)/t14-/m1/s1. The molecule has 2 N–H and O–H groups in total. The second-order valence-corrected chi connectivity index (χ2v) is 8.66. The Morgan fingerprint density at radius 3 is 2.86 bits per heavy atom. The number of carbonyl (C=O) groups excluding carboxylic acids is 2. The highest BCUT2D eigenvalue weighted by atomic mass is 32.2. The van der Waals surface area contributed by atoms with Crippen LogP contribution in [0.2, 0.25) is 0 Å². The van der Waals surface area contributed by atoms with E-state index in [1.54, 1.807) is 12.1 Å². The first-order valence-corrected chi connectivity index (χ1v) is 10.5. The molecule has 2 amide bonds. The third-order valence-electron chi connectivity index (χ3n) is 5.11. The molecule has 146 valence electrons. The molecule has 0 spiro atoms. The summed E-state index contributed by atoms with van der Waals surface area (Å²) in [6.07, 6.45) is 2.36. The molecule has 0 radical (unpaired) electrons. The minimum atomic E-state index is -0.159. The van der Waals surface area contributed by atoms with Crippen LogP contribution >= 0.6 is 11.8 Å². The van der Waals surface area contributed by atoms with E-state index in [1.165, 1.54) is 24.6 Å². The number of carbonyl (C=O) groups is 2. The van der Waals surface area contributed by atoms with Crippen molar-refractivity contribution < 1.29 is 9.59 Å². The fourth-order valence-corrected chi connectivity index (χ4v) is 4.47. The summed E-state index contributed by atoms with van der Waals surface area (Å²) in [5, 5.41) is 5.75. The molecule has 0 saturated carbocycles. The van der Waals surface area contributed by atoms with Crippen LogP contribution in [0.25, 0.3) is 0 Å². The molecule has 1 fully saturated rings. The number of aryl methyl sites for hydroxylation is 1. The lowest BCUT2D eigenvalue weighted by Crippen LogP contribution is -2.28. The van der Waals surface area contributed by atoms with E-state index in [0.717, 1.165) is 35.1 Å². The molecular weight excluding hydrogens is 372 g/mol. The van der Waals surface area contributed by atoms with Gasteiger partial charge < -0.3 is 15.5 Å². The quantitative estimate of drug-likeness (QED) is 0.829. The fourth-order valence-electron chi connectivity index (χ4n) is 3.54. The number of rotatable bonds is 4. The number of nitrogens with one attached hydrogen (secondary N) is 2. The summed E-state index contributed by atoms with van der Waals surface area (Å²) in [7, 11) is 0. The first-order valence-electron chi connectivity index (χ1n) is 9.62. The van der Waals surface area contributed by atoms with Gasteiger partial charge in [0, 0.05) is 41.4 Å². The van der Waals surface area contributed by atoms with E-state index in [9.17, 15) is 9.59 Å². The van der Waals surface area contributed by atoms with Gasteiger partial charge in [0.2, 0.25) is 5.91 Å². The van der Waals surface area contributed by atoms with Gasteiger partial charge in [-0.25, -0.2) is 4.98 Å². The van der Waals surface area contributed by atoms with Gasteiger partial charge in [0.15, 0.2) is 0 Å². The number of amides is 2. The average Bonchev–Trinajstić information content (AvgIpc) is 3.22. The van der Waals surface area contributed by atoms with Gasteiger partial charge >= 0.3 is 0 Å². The van der Waals surface area contributed by atoms with E-state index in [1.807, 2.05) is 32.0 Å². The third kappa shape index (κ3) is 3.85. The number of anilines is 2. The van der Waals surface area contributed by atoms with Crippen LogP contribution in [0.1, 0.15) is 41.4 Å². The zero-order valence-electron chi connectivity index (χ0n) is 16.1. The van der Waals surface area contributed by atoms with Gasteiger partial charge in [-0.1, -0.05) is 6.07 Å². The van der Waals surface area contributed by atoms with Gasteiger partial charge in [-0.2, -0.15) is 0 Å². The zero-order valence-corrected chi connectivity index (χ0v) is 16.9. The second-order valence-electron chi connectivity index (χ2n) is 7.27. The average molecular weight is 397 g/mol. The van der Waals surface area contributed by atoms with E-state index >= 15 is 0 Å². The normalized spacial score (nSPS) is 18.6. The molecule has 0 unspecified atom stereocenters. The summed E-state index contributed by atoms with van der Waals surface area (Å²) in [6, 6.07) is 9.47. The Morgan fingerprint density at radius 1 is 1.29 bits per heavy atom. The molecule has 3 heterocycles. The van der Waals surface area contributed by atoms with Crippen molar-refractivity contribution in [3.8, 4) is 0 Å². The number of fused-ring (bicyclic) bond motifs is 1. The van der Waals surface area contributed by atoms with Crippen molar-refractivity contribution in [2.45, 2.75) is 43.4 Å². The minimum Gasteiger partial charge on any atom is -0.356 e. The Kier molecular flexibility index (Phi) is 5.26. The number of nitrogens with zero attached hydrogens (tertiary/aromatic N) is 2. The molecule has 2 aliphatic heterocycles.